The molecule has 0 amide bonds. The summed E-state index contributed by atoms with van der Waals surface area (Å²) in [4.78, 5) is 12.1. The molecule has 1 heterocycles. The third kappa shape index (κ3) is 3.68. The molecule has 26 heavy (non-hydrogen) atoms. The molecule has 0 bridgehead atoms. The Balaban J connectivity index is 2.06. The zero-order valence-electron chi connectivity index (χ0n) is 13.8. The fraction of sp³-hybridized carbons (Fsp3) is 0.105. The summed E-state index contributed by atoms with van der Waals surface area (Å²) in [5, 5.41) is 0.448. The average Bonchev–Trinajstić information content (AvgIpc) is 2.89. The normalized spacial score (nSPS) is 15.4. The second-order valence-corrected chi connectivity index (χ2v) is 7.38. The van der Waals surface area contributed by atoms with Gasteiger partial charge in [0.15, 0.2) is 0 Å². The van der Waals surface area contributed by atoms with Crippen LogP contribution in [0.1, 0.15) is 11.1 Å². The summed E-state index contributed by atoms with van der Waals surface area (Å²) in [5.41, 5.74) is 2.22. The van der Waals surface area contributed by atoms with Crippen molar-refractivity contribution in [3.05, 3.63) is 67.3 Å². The number of rotatable bonds is 4. The van der Waals surface area contributed by atoms with Gasteiger partial charge in [-0.2, -0.15) is 0 Å². The molecule has 0 aliphatic carbocycles. The highest BCUT2D eigenvalue weighted by Crippen LogP contribution is 2.40. The Hall–Kier alpha value is -1.76. The number of hydrogen-bond acceptors (Lipinski definition) is 4. The molecule has 2 aromatic rings. The maximum absolute atomic E-state index is 12.1. The van der Waals surface area contributed by atoms with Gasteiger partial charge in [0.2, 0.25) is 0 Å². The molecule has 2 aromatic carbocycles. The molecule has 0 radical (unpaired) electrons. The number of cyclic esters (lactones) is 1. The van der Waals surface area contributed by atoms with E-state index < -0.39 is 5.97 Å². The second kappa shape index (κ2) is 7.86. The zero-order valence-corrected chi connectivity index (χ0v) is 17.7. The van der Waals surface area contributed by atoms with Gasteiger partial charge in [0.25, 0.3) is 0 Å². The molecule has 0 spiro atoms. The van der Waals surface area contributed by atoms with Gasteiger partial charge in [0.05, 0.1) is 23.7 Å². The maximum atomic E-state index is 12.1. The molecule has 1 aliphatic heterocycles. The summed E-state index contributed by atoms with van der Waals surface area (Å²) in [6, 6.07) is 10.9. The summed E-state index contributed by atoms with van der Waals surface area (Å²) in [5.74, 6) is 1.25. The van der Waals surface area contributed by atoms with E-state index in [2.05, 4.69) is 31.9 Å². The van der Waals surface area contributed by atoms with Crippen molar-refractivity contribution in [3.8, 4) is 11.5 Å². The molecule has 3 rings (SSSR count). The predicted octanol–water partition coefficient (Wildman–Crippen LogP) is 5.82. The van der Waals surface area contributed by atoms with Crippen molar-refractivity contribution in [2.24, 2.45) is 0 Å². The third-order valence-corrected chi connectivity index (χ3v) is 5.40. The second-order valence-electron chi connectivity index (χ2n) is 5.33. The van der Waals surface area contributed by atoms with E-state index in [-0.39, 0.29) is 0 Å². The fourth-order valence-corrected chi connectivity index (χ4v) is 3.84. The average molecular weight is 501 g/mol. The smallest absolute Gasteiger partial charge is 0.351 e. The Morgan fingerprint density at radius 2 is 1.73 bits per heavy atom. The van der Waals surface area contributed by atoms with Crippen molar-refractivity contribution in [2.45, 2.75) is 0 Å². The van der Waals surface area contributed by atoms with Crippen LogP contribution >= 0.6 is 43.5 Å². The quantitative estimate of drug-likeness (QED) is 0.496. The Labute approximate surface area is 172 Å². The van der Waals surface area contributed by atoms with Crippen molar-refractivity contribution in [1.29, 1.82) is 0 Å². The summed E-state index contributed by atoms with van der Waals surface area (Å²) < 4.78 is 17.0. The van der Waals surface area contributed by atoms with E-state index in [4.69, 9.17) is 25.8 Å². The van der Waals surface area contributed by atoms with Crippen LogP contribution in [-0.2, 0) is 9.53 Å². The molecule has 0 N–H and O–H groups in total. The number of allylic oxidation sites excluding steroid dienone is 1. The van der Waals surface area contributed by atoms with Crippen molar-refractivity contribution in [3.63, 3.8) is 0 Å². The number of esters is 1. The van der Waals surface area contributed by atoms with Crippen molar-refractivity contribution < 1.29 is 19.0 Å². The summed E-state index contributed by atoms with van der Waals surface area (Å²) in [7, 11) is 3.15. The Bertz CT molecular complexity index is 951. The van der Waals surface area contributed by atoms with E-state index >= 15 is 0 Å². The summed E-state index contributed by atoms with van der Waals surface area (Å²) in [6.45, 7) is 0. The van der Waals surface area contributed by atoms with E-state index in [1.165, 1.54) is 0 Å². The molecule has 134 valence electrons. The van der Waals surface area contributed by atoms with Gasteiger partial charge in [0.1, 0.15) is 21.7 Å². The molecule has 0 atom stereocenters. The number of hydrogen-bond donors (Lipinski definition) is 0. The standard InChI is InChI=1S/C19H13Br2ClO4/c1-24-14-5-3-10(7-12(14)20)8-16-17(18(21)19(23)26-16)11-4-6-15(25-2)13(22)9-11/h3-9H,1-2H3/b16-8-. The van der Waals surface area contributed by atoms with Gasteiger partial charge in [-0.3, -0.25) is 0 Å². The van der Waals surface area contributed by atoms with E-state index in [1.54, 1.807) is 32.4 Å². The molecule has 0 aromatic heterocycles. The minimum Gasteiger partial charge on any atom is -0.496 e. The van der Waals surface area contributed by atoms with Crippen LogP contribution in [0.15, 0.2) is 51.1 Å². The molecule has 7 heteroatoms. The molecular formula is C19H13Br2ClO4. The van der Waals surface area contributed by atoms with Crippen LogP contribution < -0.4 is 9.47 Å². The van der Waals surface area contributed by atoms with Gasteiger partial charge in [-0.1, -0.05) is 23.7 Å². The van der Waals surface area contributed by atoms with Crippen LogP contribution in [-0.4, -0.2) is 20.2 Å². The number of carbonyl (C=O) groups excluding carboxylic acids is 1. The Morgan fingerprint density at radius 1 is 1.04 bits per heavy atom. The number of methoxy groups -OCH3 is 2. The van der Waals surface area contributed by atoms with E-state index in [1.807, 2.05) is 24.3 Å². The number of carbonyl (C=O) groups is 1. The van der Waals surface area contributed by atoms with Gasteiger partial charge in [0, 0.05) is 5.57 Å². The molecule has 0 saturated heterocycles. The summed E-state index contributed by atoms with van der Waals surface area (Å²) in [6.07, 6.45) is 1.78. The highest BCUT2D eigenvalue weighted by Gasteiger charge is 2.29. The van der Waals surface area contributed by atoms with Crippen molar-refractivity contribution in [2.75, 3.05) is 14.2 Å². The van der Waals surface area contributed by atoms with Gasteiger partial charge in [-0.25, -0.2) is 4.79 Å². The van der Waals surface area contributed by atoms with Crippen LogP contribution in [0.2, 0.25) is 5.02 Å². The van der Waals surface area contributed by atoms with Crippen LogP contribution in [0, 0.1) is 0 Å². The lowest BCUT2D eigenvalue weighted by molar-refractivity contribution is -0.132. The first-order valence-corrected chi connectivity index (χ1v) is 9.42. The number of benzene rings is 2. The third-order valence-electron chi connectivity index (χ3n) is 3.76. The lowest BCUT2D eigenvalue weighted by Gasteiger charge is -2.09. The van der Waals surface area contributed by atoms with E-state index in [0.717, 1.165) is 21.3 Å². The van der Waals surface area contributed by atoms with E-state index in [9.17, 15) is 4.79 Å². The first kappa shape index (κ1) is 19.0. The fourth-order valence-electron chi connectivity index (χ4n) is 2.52. The maximum Gasteiger partial charge on any atom is 0.351 e. The van der Waals surface area contributed by atoms with E-state index in [0.29, 0.717) is 26.6 Å². The molecule has 0 saturated carbocycles. The lowest BCUT2D eigenvalue weighted by Crippen LogP contribution is -1.93. The number of ether oxygens (including phenoxy) is 3. The van der Waals surface area contributed by atoms with Gasteiger partial charge >= 0.3 is 5.97 Å². The molecule has 0 fully saturated rings. The monoisotopic (exact) mass is 498 g/mol. The summed E-state index contributed by atoms with van der Waals surface area (Å²) >= 11 is 13.0. The van der Waals surface area contributed by atoms with Crippen LogP contribution in [0.4, 0.5) is 0 Å². The molecule has 0 unspecified atom stereocenters. The first-order valence-electron chi connectivity index (χ1n) is 7.46. The van der Waals surface area contributed by atoms with Crippen molar-refractivity contribution in [1.82, 2.24) is 0 Å². The molecular weight excluding hydrogens is 487 g/mol. The predicted molar refractivity (Wildman–Crippen MR) is 109 cm³/mol. The minimum atomic E-state index is -0.453. The van der Waals surface area contributed by atoms with Gasteiger partial charge in [-0.05, 0) is 73.3 Å². The first-order chi connectivity index (χ1) is 12.4. The Kier molecular flexibility index (Phi) is 5.75. The SMILES string of the molecule is COc1ccc(C2=C(Br)C(=O)O/C2=C\c2ccc(OC)c(Br)c2)cc1Cl. The highest BCUT2D eigenvalue weighted by atomic mass is 79.9. The number of halogens is 3. The molecule has 1 aliphatic rings. The van der Waals surface area contributed by atoms with Crippen LogP contribution in [0.3, 0.4) is 0 Å². The minimum absolute atomic E-state index is 0.345. The molecule has 4 nitrogen and oxygen atoms in total. The van der Waals surface area contributed by atoms with Gasteiger partial charge < -0.3 is 14.2 Å². The van der Waals surface area contributed by atoms with Crippen LogP contribution in [0.25, 0.3) is 11.6 Å². The van der Waals surface area contributed by atoms with Crippen LogP contribution in [0.5, 0.6) is 11.5 Å². The highest BCUT2D eigenvalue weighted by molar-refractivity contribution is 9.12. The van der Waals surface area contributed by atoms with Crippen molar-refractivity contribution >= 4 is 61.1 Å². The lowest BCUT2D eigenvalue weighted by atomic mass is 10.0. The zero-order chi connectivity index (χ0) is 18.8. The topological polar surface area (TPSA) is 44.8 Å². The largest absolute Gasteiger partial charge is 0.496 e. The van der Waals surface area contributed by atoms with Gasteiger partial charge in [-0.15, -0.1) is 0 Å². The Morgan fingerprint density at radius 3 is 2.35 bits per heavy atom.